The molecular formula is C22H25N5O. The standard InChI is InChI=1S/C22H25N5O/c1-25-12-14-26(15-13-25)21-10-9-19(16-23-21)24-22(28)20-8-5-11-27(20)17-18-6-3-2-4-7-18/h2-11,16H,12-15,17H2,1H3,(H,24,28). The van der Waals surface area contributed by atoms with Crippen molar-refractivity contribution in [1.82, 2.24) is 14.5 Å². The Labute approximate surface area is 165 Å². The quantitative estimate of drug-likeness (QED) is 0.745. The average molecular weight is 375 g/mol. The summed E-state index contributed by atoms with van der Waals surface area (Å²) >= 11 is 0. The second-order valence-corrected chi connectivity index (χ2v) is 7.16. The summed E-state index contributed by atoms with van der Waals surface area (Å²) in [5, 5.41) is 2.96. The summed E-state index contributed by atoms with van der Waals surface area (Å²) in [6, 6.07) is 17.7. The van der Waals surface area contributed by atoms with E-state index in [9.17, 15) is 4.79 Å². The number of benzene rings is 1. The van der Waals surface area contributed by atoms with E-state index in [0.29, 0.717) is 17.9 Å². The topological polar surface area (TPSA) is 53.4 Å². The van der Waals surface area contributed by atoms with Crippen molar-refractivity contribution in [2.45, 2.75) is 6.54 Å². The molecule has 3 aromatic rings. The first-order valence-electron chi connectivity index (χ1n) is 9.59. The highest BCUT2D eigenvalue weighted by molar-refractivity contribution is 6.03. The number of aromatic nitrogens is 2. The summed E-state index contributed by atoms with van der Waals surface area (Å²) in [5.74, 6) is 0.827. The molecule has 144 valence electrons. The molecule has 1 N–H and O–H groups in total. The molecule has 6 heteroatoms. The minimum Gasteiger partial charge on any atom is -0.354 e. The van der Waals surface area contributed by atoms with E-state index >= 15 is 0 Å². The van der Waals surface area contributed by atoms with E-state index in [4.69, 9.17) is 0 Å². The molecule has 1 aromatic carbocycles. The second-order valence-electron chi connectivity index (χ2n) is 7.16. The summed E-state index contributed by atoms with van der Waals surface area (Å²) in [4.78, 5) is 21.9. The van der Waals surface area contributed by atoms with Crippen LogP contribution in [0, 0.1) is 0 Å². The summed E-state index contributed by atoms with van der Waals surface area (Å²) in [6.07, 6.45) is 3.66. The molecule has 1 aliphatic heterocycles. The first-order chi connectivity index (χ1) is 13.7. The van der Waals surface area contributed by atoms with Crippen LogP contribution in [0.3, 0.4) is 0 Å². The van der Waals surface area contributed by atoms with Crippen LogP contribution in [0.2, 0.25) is 0 Å². The molecule has 0 bridgehead atoms. The zero-order valence-corrected chi connectivity index (χ0v) is 16.1. The zero-order chi connectivity index (χ0) is 19.3. The number of nitrogens with zero attached hydrogens (tertiary/aromatic N) is 4. The summed E-state index contributed by atoms with van der Waals surface area (Å²) in [5.41, 5.74) is 2.49. The van der Waals surface area contributed by atoms with Gasteiger partial charge in [0.1, 0.15) is 11.5 Å². The third kappa shape index (κ3) is 4.23. The number of pyridine rings is 1. The smallest absolute Gasteiger partial charge is 0.272 e. The fourth-order valence-corrected chi connectivity index (χ4v) is 3.42. The van der Waals surface area contributed by atoms with Crippen LogP contribution in [-0.4, -0.2) is 53.6 Å². The number of hydrogen-bond acceptors (Lipinski definition) is 4. The third-order valence-corrected chi connectivity index (χ3v) is 5.09. The summed E-state index contributed by atoms with van der Waals surface area (Å²) in [6.45, 7) is 4.69. The van der Waals surface area contributed by atoms with E-state index in [2.05, 4.69) is 39.3 Å². The van der Waals surface area contributed by atoms with E-state index in [1.54, 1.807) is 6.20 Å². The highest BCUT2D eigenvalue weighted by atomic mass is 16.1. The van der Waals surface area contributed by atoms with Crippen LogP contribution in [0.15, 0.2) is 67.0 Å². The minimum absolute atomic E-state index is 0.130. The molecule has 0 aliphatic carbocycles. The predicted molar refractivity (Wildman–Crippen MR) is 112 cm³/mol. The van der Waals surface area contributed by atoms with Gasteiger partial charge in [0.05, 0.1) is 11.9 Å². The number of likely N-dealkylation sites (N-methyl/N-ethyl adjacent to an activating group) is 1. The summed E-state index contributed by atoms with van der Waals surface area (Å²) in [7, 11) is 2.14. The second kappa shape index (κ2) is 8.27. The number of anilines is 2. The largest absolute Gasteiger partial charge is 0.354 e. The molecule has 1 saturated heterocycles. The van der Waals surface area contributed by atoms with Gasteiger partial charge in [-0.2, -0.15) is 0 Å². The maximum atomic E-state index is 12.7. The van der Waals surface area contributed by atoms with Crippen LogP contribution in [0.1, 0.15) is 16.1 Å². The van der Waals surface area contributed by atoms with Gasteiger partial charge in [-0.25, -0.2) is 4.98 Å². The van der Waals surface area contributed by atoms with Crippen LogP contribution in [0.5, 0.6) is 0 Å². The van der Waals surface area contributed by atoms with Gasteiger partial charge in [0, 0.05) is 38.9 Å². The summed E-state index contributed by atoms with van der Waals surface area (Å²) < 4.78 is 1.96. The van der Waals surface area contributed by atoms with Gasteiger partial charge in [-0.3, -0.25) is 4.79 Å². The van der Waals surface area contributed by atoms with Crippen molar-refractivity contribution in [2.75, 3.05) is 43.4 Å². The molecule has 0 radical (unpaired) electrons. The van der Waals surface area contributed by atoms with Crippen LogP contribution in [-0.2, 0) is 6.54 Å². The van der Waals surface area contributed by atoms with E-state index in [-0.39, 0.29) is 5.91 Å². The van der Waals surface area contributed by atoms with Crippen molar-refractivity contribution < 1.29 is 4.79 Å². The number of piperazine rings is 1. The van der Waals surface area contributed by atoms with Crippen LogP contribution < -0.4 is 10.2 Å². The SMILES string of the molecule is CN1CCN(c2ccc(NC(=O)c3cccn3Cc3ccccc3)cn2)CC1. The first-order valence-corrected chi connectivity index (χ1v) is 9.59. The Morgan fingerprint density at radius 1 is 1.00 bits per heavy atom. The third-order valence-electron chi connectivity index (χ3n) is 5.09. The average Bonchev–Trinajstić information content (AvgIpc) is 3.18. The van der Waals surface area contributed by atoms with E-state index in [1.807, 2.05) is 53.2 Å². The molecule has 1 aliphatic rings. The molecule has 1 amide bonds. The molecular weight excluding hydrogens is 350 g/mol. The van der Waals surface area contributed by atoms with Crippen molar-refractivity contribution in [3.05, 3.63) is 78.2 Å². The Morgan fingerprint density at radius 2 is 1.79 bits per heavy atom. The van der Waals surface area contributed by atoms with Gasteiger partial charge in [-0.05, 0) is 36.9 Å². The Balaban J connectivity index is 1.41. The van der Waals surface area contributed by atoms with Gasteiger partial charge >= 0.3 is 0 Å². The lowest BCUT2D eigenvalue weighted by Gasteiger charge is -2.33. The lowest BCUT2D eigenvalue weighted by atomic mass is 10.2. The molecule has 28 heavy (non-hydrogen) atoms. The van der Waals surface area contributed by atoms with Crippen molar-refractivity contribution in [2.24, 2.45) is 0 Å². The molecule has 0 spiro atoms. The predicted octanol–water partition coefficient (Wildman–Crippen LogP) is 2.94. The van der Waals surface area contributed by atoms with E-state index < -0.39 is 0 Å². The Bertz CT molecular complexity index is 912. The minimum atomic E-state index is -0.130. The molecule has 0 saturated carbocycles. The van der Waals surface area contributed by atoms with Crippen molar-refractivity contribution in [3.8, 4) is 0 Å². The lowest BCUT2D eigenvalue weighted by Crippen LogP contribution is -2.44. The normalized spacial score (nSPS) is 14.8. The Kier molecular flexibility index (Phi) is 5.39. The van der Waals surface area contributed by atoms with E-state index in [1.165, 1.54) is 0 Å². The molecule has 2 aromatic heterocycles. The highest BCUT2D eigenvalue weighted by Gasteiger charge is 2.16. The van der Waals surface area contributed by atoms with Crippen molar-refractivity contribution in [1.29, 1.82) is 0 Å². The van der Waals surface area contributed by atoms with Gasteiger partial charge in [-0.1, -0.05) is 30.3 Å². The maximum Gasteiger partial charge on any atom is 0.272 e. The van der Waals surface area contributed by atoms with Crippen molar-refractivity contribution >= 4 is 17.4 Å². The van der Waals surface area contributed by atoms with Gasteiger partial charge in [0.2, 0.25) is 0 Å². The molecule has 6 nitrogen and oxygen atoms in total. The molecule has 3 heterocycles. The maximum absolute atomic E-state index is 12.7. The van der Waals surface area contributed by atoms with Gasteiger partial charge in [0.15, 0.2) is 0 Å². The molecule has 4 rings (SSSR count). The molecule has 0 atom stereocenters. The zero-order valence-electron chi connectivity index (χ0n) is 16.1. The Morgan fingerprint density at radius 3 is 2.50 bits per heavy atom. The van der Waals surface area contributed by atoms with Gasteiger partial charge in [0.25, 0.3) is 5.91 Å². The number of amides is 1. The van der Waals surface area contributed by atoms with E-state index in [0.717, 1.165) is 37.6 Å². The van der Waals surface area contributed by atoms with Gasteiger partial charge in [-0.15, -0.1) is 0 Å². The number of nitrogens with one attached hydrogen (secondary N) is 1. The number of carbonyl (C=O) groups excluding carboxylic acids is 1. The lowest BCUT2D eigenvalue weighted by molar-refractivity contribution is 0.101. The van der Waals surface area contributed by atoms with Crippen molar-refractivity contribution in [3.63, 3.8) is 0 Å². The monoisotopic (exact) mass is 375 g/mol. The fraction of sp³-hybridized carbons (Fsp3) is 0.273. The fourth-order valence-electron chi connectivity index (χ4n) is 3.42. The highest BCUT2D eigenvalue weighted by Crippen LogP contribution is 2.17. The van der Waals surface area contributed by atoms with Crippen LogP contribution >= 0.6 is 0 Å². The Hall–Kier alpha value is -3.12. The molecule has 1 fully saturated rings. The first kappa shape index (κ1) is 18.3. The van der Waals surface area contributed by atoms with Crippen LogP contribution in [0.4, 0.5) is 11.5 Å². The number of carbonyl (C=O) groups is 1. The number of hydrogen-bond donors (Lipinski definition) is 1. The van der Waals surface area contributed by atoms with Crippen LogP contribution in [0.25, 0.3) is 0 Å². The molecule has 0 unspecified atom stereocenters. The number of rotatable bonds is 5. The van der Waals surface area contributed by atoms with Gasteiger partial charge < -0.3 is 19.7 Å².